The second kappa shape index (κ2) is 17.5. The van der Waals surface area contributed by atoms with E-state index in [1.807, 2.05) is 0 Å². The van der Waals surface area contributed by atoms with Crippen molar-refractivity contribution in [1.29, 1.82) is 0 Å². The largest absolute Gasteiger partial charge is 1.00 e. The Morgan fingerprint density at radius 3 is 1.58 bits per heavy atom. The Bertz CT molecular complexity index is 270. The molecule has 104 valence electrons. The first-order valence-electron chi connectivity index (χ1n) is 3.30. The van der Waals surface area contributed by atoms with Crippen molar-refractivity contribution in [3.8, 4) is 0 Å². The summed E-state index contributed by atoms with van der Waals surface area (Å²) in [4.78, 5) is 33.7. The number of carbonyl (C=O) groups is 3. The molecule has 13 heteroatoms. The maximum absolute atomic E-state index is 10.4. The van der Waals surface area contributed by atoms with E-state index >= 15 is 0 Å². The number of hydrogen-bond donors (Lipinski definition) is 2. The van der Waals surface area contributed by atoms with Crippen LogP contribution in [-0.2, 0) is 19.3 Å². The van der Waals surface area contributed by atoms with Crippen molar-refractivity contribution >= 4 is 17.9 Å². The van der Waals surface area contributed by atoms with Gasteiger partial charge in [-0.05, 0) is 0 Å². The molecule has 0 amide bonds. The van der Waals surface area contributed by atoms with Gasteiger partial charge in [-0.1, -0.05) is 0 Å². The van der Waals surface area contributed by atoms with E-state index in [2.05, 4.69) is 4.89 Å². The molecule has 0 radical (unpaired) electrons. The Morgan fingerprint density at radius 2 is 1.37 bits per heavy atom. The number of carbonyl (C=O) groups excluding carboxylic acids is 3. The van der Waals surface area contributed by atoms with Gasteiger partial charge in [0.25, 0.3) is 0 Å². The molecule has 0 aliphatic carbocycles. The van der Waals surface area contributed by atoms with Gasteiger partial charge in [0, 0.05) is 12.4 Å². The molecule has 0 aliphatic rings. The average molecular weight is 338 g/mol. The van der Waals surface area contributed by atoms with Crippen molar-refractivity contribution < 1.29 is 159 Å². The van der Waals surface area contributed by atoms with Crippen molar-refractivity contribution in [3.63, 3.8) is 0 Å². The van der Waals surface area contributed by atoms with E-state index in [9.17, 15) is 24.6 Å². The SMILES string of the molecule is O.O.O.O=C([O-])CC(O)(CC(=O)OO)C(=O)[O-].[K+].[K+]. The zero-order chi connectivity index (χ0) is 11.4. The molecule has 0 spiro atoms. The first-order valence-corrected chi connectivity index (χ1v) is 3.30. The number of hydrogen-bond acceptors (Lipinski definition) is 8. The van der Waals surface area contributed by atoms with Crippen LogP contribution >= 0.6 is 0 Å². The van der Waals surface area contributed by atoms with Crippen LogP contribution in [0.3, 0.4) is 0 Å². The Morgan fingerprint density at radius 1 is 1.00 bits per heavy atom. The fourth-order valence-corrected chi connectivity index (χ4v) is 0.717. The summed E-state index contributed by atoms with van der Waals surface area (Å²) in [6.07, 6.45) is -2.59. The monoisotopic (exact) mass is 338 g/mol. The molecule has 0 aromatic carbocycles. The minimum atomic E-state index is -2.95. The standard InChI is InChI=1S/C6H8O8.2K.3H2O/c7-3(8)1-6(12,5(10)11)2-4(9)14-13;;;;;/h12-13H,1-2H2,(H,7,8)(H,10,11);;;3*1H2/q;2*+1;;;/p-2. The molecule has 19 heavy (non-hydrogen) atoms. The first-order chi connectivity index (χ1) is 6.31. The maximum atomic E-state index is 10.4. The number of carboxylic acid groups (broad SMARTS) is 2. The Labute approximate surface area is 192 Å². The number of carboxylic acids is 2. The predicted octanol–water partition coefficient (Wildman–Crippen LogP) is -12.5. The van der Waals surface area contributed by atoms with Crippen molar-refractivity contribution in [2.45, 2.75) is 18.4 Å². The summed E-state index contributed by atoms with van der Waals surface area (Å²) in [6, 6.07) is 0. The van der Waals surface area contributed by atoms with Gasteiger partial charge in [0.05, 0.1) is 12.4 Å². The molecule has 0 saturated heterocycles. The van der Waals surface area contributed by atoms with Crippen LogP contribution in [0.1, 0.15) is 12.8 Å². The van der Waals surface area contributed by atoms with Crippen molar-refractivity contribution in [2.24, 2.45) is 0 Å². The zero-order valence-electron chi connectivity index (χ0n) is 10.3. The van der Waals surface area contributed by atoms with E-state index in [-0.39, 0.29) is 119 Å². The third-order valence-corrected chi connectivity index (χ3v) is 1.36. The molecular weight excluding hydrogens is 326 g/mol. The fraction of sp³-hybridized carbons (Fsp3) is 0.500. The summed E-state index contributed by atoms with van der Waals surface area (Å²) >= 11 is 0. The topological polar surface area (TPSA) is 242 Å². The van der Waals surface area contributed by atoms with Crippen LogP contribution < -0.4 is 113 Å². The molecule has 0 rings (SSSR count). The minimum absolute atomic E-state index is 0. The van der Waals surface area contributed by atoms with Gasteiger partial charge >= 0.3 is 109 Å². The molecule has 0 aliphatic heterocycles. The minimum Gasteiger partial charge on any atom is -0.550 e. The molecule has 1 unspecified atom stereocenters. The second-order valence-corrected chi connectivity index (χ2v) is 2.51. The average Bonchev–Trinajstić information content (AvgIpc) is 2.02. The molecule has 0 fully saturated rings. The molecular formula is C6H12K2O11. The van der Waals surface area contributed by atoms with E-state index < -0.39 is 36.4 Å². The van der Waals surface area contributed by atoms with Gasteiger partial charge in [0.15, 0.2) is 0 Å². The van der Waals surface area contributed by atoms with Gasteiger partial charge in [-0.25, -0.2) is 4.79 Å². The summed E-state index contributed by atoms with van der Waals surface area (Å²) in [5.74, 6) is -5.56. The van der Waals surface area contributed by atoms with E-state index in [0.717, 1.165) is 0 Å². The van der Waals surface area contributed by atoms with Crippen LogP contribution in [0.2, 0.25) is 0 Å². The van der Waals surface area contributed by atoms with E-state index in [1.54, 1.807) is 0 Å². The van der Waals surface area contributed by atoms with Gasteiger partial charge in [-0.3, -0.25) is 0 Å². The van der Waals surface area contributed by atoms with E-state index in [0.29, 0.717) is 0 Å². The van der Waals surface area contributed by atoms with Crippen LogP contribution in [0.5, 0.6) is 0 Å². The zero-order valence-corrected chi connectivity index (χ0v) is 16.5. The first kappa shape index (κ1) is 37.1. The Balaban J connectivity index is -0.0000000845. The molecule has 1 atom stereocenters. The van der Waals surface area contributed by atoms with Gasteiger partial charge in [0.2, 0.25) is 0 Å². The van der Waals surface area contributed by atoms with Crippen LogP contribution in [0.15, 0.2) is 0 Å². The van der Waals surface area contributed by atoms with Gasteiger partial charge < -0.3 is 46.2 Å². The molecule has 11 nitrogen and oxygen atoms in total. The normalized spacial score (nSPS) is 10.4. The predicted molar refractivity (Wildman–Crippen MR) is 43.8 cm³/mol. The van der Waals surface area contributed by atoms with Crippen molar-refractivity contribution in [2.75, 3.05) is 0 Å². The molecule has 0 heterocycles. The summed E-state index contributed by atoms with van der Waals surface area (Å²) in [7, 11) is 0. The Hall–Kier alpha value is 1.48. The van der Waals surface area contributed by atoms with Gasteiger partial charge in [-0.2, -0.15) is 5.26 Å². The maximum Gasteiger partial charge on any atom is 1.00 e. The Kier molecular flexibility index (Phi) is 34.2. The van der Waals surface area contributed by atoms with Crippen LogP contribution in [0.4, 0.5) is 0 Å². The third kappa shape index (κ3) is 15.7. The quantitative estimate of drug-likeness (QED) is 0.276. The van der Waals surface area contributed by atoms with E-state index in [4.69, 9.17) is 10.4 Å². The van der Waals surface area contributed by atoms with Crippen LogP contribution in [0, 0.1) is 0 Å². The van der Waals surface area contributed by atoms with Crippen molar-refractivity contribution in [3.05, 3.63) is 0 Å². The number of aliphatic carboxylic acids is 2. The fourth-order valence-electron chi connectivity index (χ4n) is 0.717. The smallest absolute Gasteiger partial charge is 0.550 e. The van der Waals surface area contributed by atoms with Gasteiger partial charge in [-0.15, -0.1) is 0 Å². The molecule has 0 aromatic rings. The van der Waals surface area contributed by atoms with Crippen molar-refractivity contribution in [1.82, 2.24) is 0 Å². The summed E-state index contributed by atoms with van der Waals surface area (Å²) in [6.45, 7) is 0. The van der Waals surface area contributed by atoms with Gasteiger partial charge in [0.1, 0.15) is 5.60 Å². The van der Waals surface area contributed by atoms with Crippen LogP contribution in [-0.4, -0.2) is 50.3 Å². The second-order valence-electron chi connectivity index (χ2n) is 2.51. The number of rotatable bonds is 5. The molecule has 0 aromatic heterocycles. The molecule has 8 N–H and O–H groups in total. The summed E-state index contributed by atoms with van der Waals surface area (Å²) < 4.78 is 0. The van der Waals surface area contributed by atoms with Crippen LogP contribution in [0.25, 0.3) is 0 Å². The number of aliphatic hydroxyl groups is 1. The summed E-state index contributed by atoms with van der Waals surface area (Å²) in [5, 5.41) is 37.1. The third-order valence-electron chi connectivity index (χ3n) is 1.36. The summed E-state index contributed by atoms with van der Waals surface area (Å²) in [5.41, 5.74) is -2.95. The van der Waals surface area contributed by atoms with E-state index in [1.165, 1.54) is 0 Å². The molecule has 0 saturated carbocycles. The molecule has 0 bridgehead atoms.